The van der Waals surface area contributed by atoms with Crippen LogP contribution >= 0.6 is 0 Å². The van der Waals surface area contributed by atoms with Crippen LogP contribution in [0.2, 0.25) is 0 Å². The molecule has 0 spiro atoms. The van der Waals surface area contributed by atoms with E-state index in [2.05, 4.69) is 6.58 Å². The van der Waals surface area contributed by atoms with Gasteiger partial charge in [0.2, 0.25) is 0 Å². The van der Waals surface area contributed by atoms with Crippen molar-refractivity contribution in [1.29, 1.82) is 0 Å². The molecule has 0 unspecified atom stereocenters. The van der Waals surface area contributed by atoms with Crippen LogP contribution in [0.4, 0.5) is 0 Å². The van der Waals surface area contributed by atoms with E-state index < -0.39 is 5.97 Å². The summed E-state index contributed by atoms with van der Waals surface area (Å²) in [6.07, 6.45) is 2.59. The van der Waals surface area contributed by atoms with E-state index in [1.54, 1.807) is 31.4 Å². The van der Waals surface area contributed by atoms with Gasteiger partial charge in [-0.05, 0) is 37.1 Å². The molecule has 0 bridgehead atoms. The van der Waals surface area contributed by atoms with Crippen LogP contribution in [0.25, 0.3) is 0 Å². The minimum absolute atomic E-state index is 0.275. The maximum Gasteiger partial charge on any atom is 0.330 e. The Kier molecular flexibility index (Phi) is 6.89. The normalized spacial score (nSPS) is 9.65. The Morgan fingerprint density at radius 3 is 2.40 bits per heavy atom. The molecule has 1 aromatic carbocycles. The van der Waals surface area contributed by atoms with Gasteiger partial charge in [0.1, 0.15) is 11.5 Å². The third-order valence-corrected chi connectivity index (χ3v) is 2.48. The second-order valence-corrected chi connectivity index (χ2v) is 3.98. The Balaban J connectivity index is 2.19. The zero-order valence-corrected chi connectivity index (χ0v) is 11.5. The molecular weight excluding hydrogens is 260 g/mol. The lowest BCUT2D eigenvalue weighted by molar-refractivity contribution is -0.137. The van der Waals surface area contributed by atoms with Gasteiger partial charge in [-0.3, -0.25) is 4.79 Å². The van der Waals surface area contributed by atoms with E-state index in [0.717, 1.165) is 6.08 Å². The molecule has 0 aromatic heterocycles. The molecule has 0 fully saturated rings. The number of unbranched alkanes of at least 4 members (excludes halogenated alkanes) is 1. The van der Waals surface area contributed by atoms with Gasteiger partial charge >= 0.3 is 11.9 Å². The summed E-state index contributed by atoms with van der Waals surface area (Å²) in [5, 5.41) is 0. The van der Waals surface area contributed by atoms with Crippen LogP contribution in [0.3, 0.4) is 0 Å². The molecule has 0 aliphatic rings. The van der Waals surface area contributed by atoms with Gasteiger partial charge in [-0.1, -0.05) is 6.58 Å². The molecule has 0 saturated heterocycles. The summed E-state index contributed by atoms with van der Waals surface area (Å²) in [6.45, 7) is 3.57. The second kappa shape index (κ2) is 8.74. The number of benzene rings is 1. The molecule has 0 radical (unpaired) electrons. The largest absolute Gasteiger partial charge is 0.497 e. The number of carbonyl (C=O) groups is 2. The molecule has 0 atom stereocenters. The van der Waals surface area contributed by atoms with Crippen LogP contribution in [0.1, 0.15) is 19.3 Å². The van der Waals surface area contributed by atoms with Crippen LogP contribution in [-0.4, -0.2) is 25.7 Å². The lowest BCUT2D eigenvalue weighted by Gasteiger charge is -2.05. The minimum Gasteiger partial charge on any atom is -0.497 e. The summed E-state index contributed by atoms with van der Waals surface area (Å²) in [5.74, 6) is 0.416. The minimum atomic E-state index is -0.453. The number of hydrogen-bond acceptors (Lipinski definition) is 5. The highest BCUT2D eigenvalue weighted by atomic mass is 16.5. The summed E-state index contributed by atoms with van der Waals surface area (Å²) in [5.41, 5.74) is 0. The fraction of sp³-hybridized carbons (Fsp3) is 0.333. The summed E-state index contributed by atoms with van der Waals surface area (Å²) in [6, 6.07) is 6.78. The maximum absolute atomic E-state index is 11.5. The van der Waals surface area contributed by atoms with Crippen molar-refractivity contribution in [2.75, 3.05) is 13.7 Å². The van der Waals surface area contributed by atoms with E-state index in [4.69, 9.17) is 14.2 Å². The molecule has 1 rings (SSSR count). The van der Waals surface area contributed by atoms with Gasteiger partial charge < -0.3 is 14.2 Å². The molecule has 0 aliphatic carbocycles. The molecule has 108 valence electrons. The Morgan fingerprint density at radius 1 is 1.15 bits per heavy atom. The lowest BCUT2D eigenvalue weighted by Crippen LogP contribution is -2.08. The number of methoxy groups -OCH3 is 1. The van der Waals surface area contributed by atoms with Crippen molar-refractivity contribution < 1.29 is 23.8 Å². The van der Waals surface area contributed by atoms with E-state index in [1.807, 2.05) is 0 Å². The highest BCUT2D eigenvalue weighted by Gasteiger charge is 2.05. The Labute approximate surface area is 118 Å². The van der Waals surface area contributed by atoms with Gasteiger partial charge in [-0.25, -0.2) is 4.79 Å². The van der Waals surface area contributed by atoms with Crippen molar-refractivity contribution in [1.82, 2.24) is 0 Å². The van der Waals surface area contributed by atoms with E-state index in [9.17, 15) is 9.59 Å². The predicted octanol–water partition coefficient (Wildman–Crippen LogP) is 2.50. The van der Waals surface area contributed by atoms with Gasteiger partial charge in [-0.15, -0.1) is 0 Å². The standard InChI is InChI=1S/C15H18O5/c1-3-14(16)19-11-5-4-6-15(17)20-13-9-7-12(18-2)8-10-13/h3,7-10H,1,4-6,11H2,2H3. The lowest BCUT2D eigenvalue weighted by atomic mass is 10.2. The zero-order valence-electron chi connectivity index (χ0n) is 11.5. The first kappa shape index (κ1) is 15.8. The third kappa shape index (κ3) is 6.04. The predicted molar refractivity (Wildman–Crippen MR) is 73.6 cm³/mol. The smallest absolute Gasteiger partial charge is 0.330 e. The summed E-state index contributed by atoms with van der Waals surface area (Å²) in [4.78, 5) is 22.3. The van der Waals surface area contributed by atoms with Crippen LogP contribution in [0.15, 0.2) is 36.9 Å². The second-order valence-electron chi connectivity index (χ2n) is 3.98. The van der Waals surface area contributed by atoms with Crippen LogP contribution in [0.5, 0.6) is 11.5 Å². The van der Waals surface area contributed by atoms with E-state index >= 15 is 0 Å². The highest BCUT2D eigenvalue weighted by Crippen LogP contribution is 2.17. The fourth-order valence-corrected chi connectivity index (χ4v) is 1.43. The molecule has 0 aliphatic heterocycles. The number of esters is 2. The first-order valence-corrected chi connectivity index (χ1v) is 6.29. The first-order chi connectivity index (χ1) is 9.65. The van der Waals surface area contributed by atoms with Crippen molar-refractivity contribution in [3.8, 4) is 11.5 Å². The maximum atomic E-state index is 11.5. The topological polar surface area (TPSA) is 61.8 Å². The van der Waals surface area contributed by atoms with Gasteiger partial charge in [0.15, 0.2) is 0 Å². The molecule has 0 N–H and O–H groups in total. The quantitative estimate of drug-likeness (QED) is 0.316. The summed E-state index contributed by atoms with van der Waals surface area (Å²) in [7, 11) is 1.57. The van der Waals surface area contributed by atoms with Crippen LogP contribution < -0.4 is 9.47 Å². The zero-order chi connectivity index (χ0) is 14.8. The molecule has 1 aromatic rings. The molecule has 0 amide bonds. The average Bonchev–Trinajstić information content (AvgIpc) is 2.47. The molecule has 5 heteroatoms. The average molecular weight is 278 g/mol. The summed E-state index contributed by atoms with van der Waals surface area (Å²) >= 11 is 0. The number of ether oxygens (including phenoxy) is 3. The van der Waals surface area contributed by atoms with Crippen molar-refractivity contribution in [2.45, 2.75) is 19.3 Å². The van der Waals surface area contributed by atoms with Crippen molar-refractivity contribution in [3.05, 3.63) is 36.9 Å². The van der Waals surface area contributed by atoms with Crippen LogP contribution in [0, 0.1) is 0 Å². The number of rotatable bonds is 8. The third-order valence-electron chi connectivity index (χ3n) is 2.48. The van der Waals surface area contributed by atoms with E-state index in [1.165, 1.54) is 0 Å². The number of hydrogen-bond donors (Lipinski definition) is 0. The SMILES string of the molecule is C=CC(=O)OCCCCC(=O)Oc1ccc(OC)cc1. The van der Waals surface area contributed by atoms with Gasteiger partial charge in [0.05, 0.1) is 13.7 Å². The van der Waals surface area contributed by atoms with Gasteiger partial charge in [0.25, 0.3) is 0 Å². The summed E-state index contributed by atoms with van der Waals surface area (Å²) < 4.78 is 14.9. The first-order valence-electron chi connectivity index (χ1n) is 6.29. The highest BCUT2D eigenvalue weighted by molar-refractivity contribution is 5.81. The fourth-order valence-electron chi connectivity index (χ4n) is 1.43. The molecule has 5 nitrogen and oxygen atoms in total. The Bertz CT molecular complexity index is 450. The van der Waals surface area contributed by atoms with Crippen molar-refractivity contribution >= 4 is 11.9 Å². The van der Waals surface area contributed by atoms with Gasteiger partial charge in [-0.2, -0.15) is 0 Å². The van der Waals surface area contributed by atoms with E-state index in [0.29, 0.717) is 24.3 Å². The Morgan fingerprint density at radius 2 is 1.80 bits per heavy atom. The molecular formula is C15H18O5. The monoisotopic (exact) mass is 278 g/mol. The molecule has 0 heterocycles. The Hall–Kier alpha value is -2.30. The van der Waals surface area contributed by atoms with Crippen molar-refractivity contribution in [2.24, 2.45) is 0 Å². The van der Waals surface area contributed by atoms with Crippen LogP contribution in [-0.2, 0) is 14.3 Å². The molecule has 0 saturated carbocycles. The van der Waals surface area contributed by atoms with Crippen molar-refractivity contribution in [3.63, 3.8) is 0 Å². The van der Waals surface area contributed by atoms with E-state index in [-0.39, 0.29) is 19.0 Å². The van der Waals surface area contributed by atoms with Gasteiger partial charge in [0, 0.05) is 12.5 Å². The molecule has 20 heavy (non-hydrogen) atoms. The number of carbonyl (C=O) groups excluding carboxylic acids is 2.